The molecule has 0 saturated carbocycles. The minimum Gasteiger partial charge on any atom is -0.372 e. The molecule has 1 unspecified atom stereocenters. The lowest BCUT2D eigenvalue weighted by Crippen LogP contribution is -2.41. The van der Waals surface area contributed by atoms with E-state index in [0.717, 1.165) is 10.6 Å². The third kappa shape index (κ3) is 4.20. The number of rotatable bonds is 5. The Labute approximate surface area is 133 Å². The first-order valence-electron chi connectivity index (χ1n) is 6.43. The standard InChI is InChI=1S/C15H17ClN2O2S/c1-15(20-2,11-5-3-6-12(16)9-11)10-17-14(19)18-13-7-4-8-21-13/h3-9H,10H2,1-2H3,(H2,17,18,19). The SMILES string of the molecule is COC(C)(CNC(=O)Nc1cccs1)c1cccc(Cl)c1. The Balaban J connectivity index is 2.00. The van der Waals surface area contributed by atoms with Crippen LogP contribution in [0.5, 0.6) is 0 Å². The van der Waals surface area contributed by atoms with Gasteiger partial charge in [-0.2, -0.15) is 0 Å². The molecule has 0 aliphatic carbocycles. The number of methoxy groups -OCH3 is 1. The first-order valence-corrected chi connectivity index (χ1v) is 7.69. The average molecular weight is 325 g/mol. The molecular formula is C15H17ClN2O2S. The summed E-state index contributed by atoms with van der Waals surface area (Å²) in [5.74, 6) is 0. The molecule has 2 amide bonds. The van der Waals surface area contributed by atoms with Crippen LogP contribution in [0.15, 0.2) is 41.8 Å². The normalized spacial score (nSPS) is 13.5. The van der Waals surface area contributed by atoms with Gasteiger partial charge in [0.1, 0.15) is 5.60 Å². The minimum absolute atomic E-state index is 0.261. The molecule has 0 bridgehead atoms. The Morgan fingerprint density at radius 2 is 2.19 bits per heavy atom. The number of hydrogen-bond acceptors (Lipinski definition) is 3. The van der Waals surface area contributed by atoms with Crippen molar-refractivity contribution in [2.45, 2.75) is 12.5 Å². The molecule has 0 saturated heterocycles. The van der Waals surface area contributed by atoms with Crippen LogP contribution in [0.25, 0.3) is 0 Å². The van der Waals surface area contributed by atoms with Crippen LogP contribution in [0, 0.1) is 0 Å². The van der Waals surface area contributed by atoms with Crippen LogP contribution in [0.4, 0.5) is 9.80 Å². The summed E-state index contributed by atoms with van der Waals surface area (Å²) in [5, 5.41) is 8.93. The molecule has 0 aliphatic rings. The first kappa shape index (κ1) is 15.8. The van der Waals surface area contributed by atoms with Gasteiger partial charge in [0.05, 0.1) is 11.5 Å². The van der Waals surface area contributed by atoms with Gasteiger partial charge in [0, 0.05) is 12.1 Å². The summed E-state index contributed by atoms with van der Waals surface area (Å²) in [4.78, 5) is 11.9. The van der Waals surface area contributed by atoms with Gasteiger partial charge >= 0.3 is 6.03 Å². The van der Waals surface area contributed by atoms with Crippen molar-refractivity contribution >= 4 is 34.0 Å². The first-order chi connectivity index (χ1) is 10.0. The van der Waals surface area contributed by atoms with Crippen LogP contribution < -0.4 is 10.6 Å². The number of anilines is 1. The fourth-order valence-corrected chi connectivity index (χ4v) is 2.67. The van der Waals surface area contributed by atoms with E-state index in [1.54, 1.807) is 13.2 Å². The average Bonchev–Trinajstić information content (AvgIpc) is 2.97. The van der Waals surface area contributed by atoms with E-state index in [0.29, 0.717) is 11.6 Å². The fraction of sp³-hybridized carbons (Fsp3) is 0.267. The molecule has 1 atom stereocenters. The van der Waals surface area contributed by atoms with Crippen LogP contribution in [-0.4, -0.2) is 19.7 Å². The number of hydrogen-bond donors (Lipinski definition) is 2. The van der Waals surface area contributed by atoms with Crippen LogP contribution in [0.3, 0.4) is 0 Å². The summed E-state index contributed by atoms with van der Waals surface area (Å²) in [6.45, 7) is 2.24. The molecule has 2 rings (SSSR count). The number of halogens is 1. The van der Waals surface area contributed by atoms with Crippen LogP contribution >= 0.6 is 22.9 Å². The van der Waals surface area contributed by atoms with Gasteiger partial charge in [-0.1, -0.05) is 23.7 Å². The highest BCUT2D eigenvalue weighted by Crippen LogP contribution is 2.26. The Morgan fingerprint density at radius 3 is 2.81 bits per heavy atom. The molecule has 4 nitrogen and oxygen atoms in total. The molecule has 0 radical (unpaired) electrons. The maximum atomic E-state index is 11.9. The maximum Gasteiger partial charge on any atom is 0.319 e. The van der Waals surface area contributed by atoms with E-state index >= 15 is 0 Å². The Kier molecular flexibility index (Phi) is 5.22. The second-order valence-corrected chi connectivity index (χ2v) is 6.11. The van der Waals surface area contributed by atoms with Gasteiger partial charge < -0.3 is 10.1 Å². The number of carbonyl (C=O) groups excluding carboxylic acids is 1. The molecule has 6 heteroatoms. The smallest absolute Gasteiger partial charge is 0.319 e. The van der Waals surface area contributed by atoms with E-state index in [1.807, 2.05) is 42.6 Å². The predicted octanol–water partition coefficient (Wildman–Crippen LogP) is 4.08. The Bertz CT molecular complexity index is 603. The van der Waals surface area contributed by atoms with Crippen molar-refractivity contribution in [2.75, 3.05) is 19.0 Å². The topological polar surface area (TPSA) is 50.4 Å². The number of amides is 2. The van der Waals surface area contributed by atoms with E-state index in [-0.39, 0.29) is 6.03 Å². The van der Waals surface area contributed by atoms with Crippen molar-refractivity contribution in [2.24, 2.45) is 0 Å². The number of benzene rings is 1. The molecule has 2 N–H and O–H groups in total. The van der Waals surface area contributed by atoms with Crippen molar-refractivity contribution in [3.63, 3.8) is 0 Å². The lowest BCUT2D eigenvalue weighted by molar-refractivity contribution is 0.00521. The monoisotopic (exact) mass is 324 g/mol. The summed E-state index contributed by atoms with van der Waals surface area (Å²) in [5.41, 5.74) is 0.270. The molecule has 112 valence electrons. The zero-order valence-electron chi connectivity index (χ0n) is 11.9. The summed E-state index contributed by atoms with van der Waals surface area (Å²) < 4.78 is 5.57. The summed E-state index contributed by atoms with van der Waals surface area (Å²) in [6.07, 6.45) is 0. The number of ether oxygens (including phenoxy) is 1. The Hall–Kier alpha value is -1.56. The molecule has 21 heavy (non-hydrogen) atoms. The number of urea groups is 1. The van der Waals surface area contributed by atoms with Gasteiger partial charge in [-0.15, -0.1) is 11.3 Å². The van der Waals surface area contributed by atoms with Crippen molar-refractivity contribution in [3.8, 4) is 0 Å². The fourth-order valence-electron chi connectivity index (χ4n) is 1.86. The van der Waals surface area contributed by atoms with Gasteiger partial charge in [0.2, 0.25) is 0 Å². The van der Waals surface area contributed by atoms with E-state index in [2.05, 4.69) is 10.6 Å². The lowest BCUT2D eigenvalue weighted by Gasteiger charge is -2.29. The van der Waals surface area contributed by atoms with Gasteiger partial charge in [0.25, 0.3) is 0 Å². The van der Waals surface area contributed by atoms with Crippen LogP contribution in [-0.2, 0) is 10.3 Å². The molecule has 1 heterocycles. The zero-order valence-corrected chi connectivity index (χ0v) is 13.4. The Morgan fingerprint density at radius 1 is 1.38 bits per heavy atom. The quantitative estimate of drug-likeness (QED) is 0.870. The number of carbonyl (C=O) groups is 1. The minimum atomic E-state index is -0.641. The van der Waals surface area contributed by atoms with Gasteiger partial charge in [-0.25, -0.2) is 4.79 Å². The van der Waals surface area contributed by atoms with E-state index in [9.17, 15) is 4.79 Å². The number of thiophene rings is 1. The highest BCUT2D eigenvalue weighted by molar-refractivity contribution is 7.14. The van der Waals surface area contributed by atoms with Gasteiger partial charge in [-0.3, -0.25) is 5.32 Å². The molecule has 1 aromatic carbocycles. The highest BCUT2D eigenvalue weighted by Gasteiger charge is 2.27. The zero-order chi connectivity index (χ0) is 15.3. The van der Waals surface area contributed by atoms with Crippen molar-refractivity contribution in [3.05, 3.63) is 52.4 Å². The summed E-state index contributed by atoms with van der Waals surface area (Å²) >= 11 is 7.48. The predicted molar refractivity (Wildman–Crippen MR) is 87.2 cm³/mol. The van der Waals surface area contributed by atoms with Crippen molar-refractivity contribution < 1.29 is 9.53 Å². The molecular weight excluding hydrogens is 308 g/mol. The lowest BCUT2D eigenvalue weighted by atomic mass is 9.96. The number of nitrogens with one attached hydrogen (secondary N) is 2. The van der Waals surface area contributed by atoms with Gasteiger partial charge in [-0.05, 0) is 42.1 Å². The third-order valence-electron chi connectivity index (χ3n) is 3.23. The van der Waals surface area contributed by atoms with E-state index in [1.165, 1.54) is 11.3 Å². The van der Waals surface area contributed by atoms with E-state index < -0.39 is 5.60 Å². The van der Waals surface area contributed by atoms with Crippen molar-refractivity contribution in [1.82, 2.24) is 5.32 Å². The van der Waals surface area contributed by atoms with E-state index in [4.69, 9.17) is 16.3 Å². The highest BCUT2D eigenvalue weighted by atomic mass is 35.5. The second kappa shape index (κ2) is 6.93. The third-order valence-corrected chi connectivity index (χ3v) is 4.25. The van der Waals surface area contributed by atoms with Crippen LogP contribution in [0.2, 0.25) is 5.02 Å². The summed E-state index contributed by atoms with van der Waals surface area (Å²) in [6, 6.07) is 10.9. The van der Waals surface area contributed by atoms with Crippen LogP contribution in [0.1, 0.15) is 12.5 Å². The van der Waals surface area contributed by atoms with Crippen molar-refractivity contribution in [1.29, 1.82) is 0 Å². The second-order valence-electron chi connectivity index (χ2n) is 4.73. The largest absolute Gasteiger partial charge is 0.372 e. The molecule has 2 aromatic rings. The molecule has 0 spiro atoms. The summed E-state index contributed by atoms with van der Waals surface area (Å²) in [7, 11) is 1.61. The maximum absolute atomic E-state index is 11.9. The molecule has 0 fully saturated rings. The molecule has 0 aliphatic heterocycles. The van der Waals surface area contributed by atoms with Gasteiger partial charge in [0.15, 0.2) is 0 Å². The molecule has 1 aromatic heterocycles.